The molecule has 0 unspecified atom stereocenters. The van der Waals surface area contributed by atoms with Gasteiger partial charge in [-0.15, -0.1) is 0 Å². The van der Waals surface area contributed by atoms with Crippen molar-refractivity contribution in [3.8, 4) is 16.9 Å². The van der Waals surface area contributed by atoms with E-state index in [1.807, 2.05) is 0 Å². The molecule has 0 spiro atoms. The fourth-order valence-electron chi connectivity index (χ4n) is 2.19. The van der Waals surface area contributed by atoms with Crippen molar-refractivity contribution >= 4 is 28.7 Å². The van der Waals surface area contributed by atoms with Gasteiger partial charge in [0, 0.05) is 25.2 Å². The number of amides is 1. The Balaban J connectivity index is 2.02. The molecule has 6 heteroatoms. The van der Waals surface area contributed by atoms with Crippen molar-refractivity contribution in [1.82, 2.24) is 4.90 Å². The number of ether oxygens (including phenoxy) is 1. The van der Waals surface area contributed by atoms with Gasteiger partial charge in [0.1, 0.15) is 17.6 Å². The van der Waals surface area contributed by atoms with Gasteiger partial charge in [0.15, 0.2) is 5.43 Å². The van der Waals surface area contributed by atoms with Gasteiger partial charge >= 0.3 is 6.09 Å². The molecule has 0 aliphatic carbocycles. The summed E-state index contributed by atoms with van der Waals surface area (Å²) in [5.41, 5.74) is 1.35. The molecule has 0 N–H and O–H groups in total. The lowest BCUT2D eigenvalue weighted by atomic mass is 10.1. The van der Waals surface area contributed by atoms with E-state index in [1.54, 1.807) is 50.5 Å². The highest BCUT2D eigenvalue weighted by Crippen LogP contribution is 2.24. The van der Waals surface area contributed by atoms with Crippen LogP contribution in [0.3, 0.4) is 0 Å². The molecule has 1 aromatic heterocycles. The minimum atomic E-state index is -0.505. The second kappa shape index (κ2) is 6.37. The van der Waals surface area contributed by atoms with Crippen LogP contribution < -0.4 is 10.2 Å². The first-order valence-electron chi connectivity index (χ1n) is 7.16. The quantitative estimate of drug-likeness (QED) is 0.700. The molecule has 0 saturated carbocycles. The Morgan fingerprint density at radius 2 is 1.83 bits per heavy atom. The van der Waals surface area contributed by atoms with Crippen molar-refractivity contribution < 1.29 is 13.9 Å². The Morgan fingerprint density at radius 3 is 2.50 bits per heavy atom. The monoisotopic (exact) mass is 343 g/mol. The summed E-state index contributed by atoms with van der Waals surface area (Å²) in [5, 5.41) is 1.00. The van der Waals surface area contributed by atoms with E-state index in [-0.39, 0.29) is 5.43 Å². The first kappa shape index (κ1) is 16.1. The Kier molecular flexibility index (Phi) is 4.27. The number of nitrogens with zero attached hydrogens (tertiary/aromatic N) is 1. The lowest BCUT2D eigenvalue weighted by molar-refractivity contribution is 0.172. The number of fused-ring (bicyclic) bond motifs is 1. The third kappa shape index (κ3) is 3.12. The largest absolute Gasteiger partial charge is 0.463 e. The fraction of sp³-hybridized carbons (Fsp3) is 0.111. The van der Waals surface area contributed by atoms with Gasteiger partial charge in [-0.3, -0.25) is 4.79 Å². The summed E-state index contributed by atoms with van der Waals surface area (Å²) >= 11 is 5.87. The third-order valence-electron chi connectivity index (χ3n) is 3.47. The maximum atomic E-state index is 12.6. The maximum absolute atomic E-state index is 12.6. The Labute approximate surface area is 143 Å². The van der Waals surface area contributed by atoms with Gasteiger partial charge in [0.25, 0.3) is 0 Å². The first-order valence-corrected chi connectivity index (χ1v) is 7.54. The molecule has 0 atom stereocenters. The normalized spacial score (nSPS) is 10.6. The zero-order valence-corrected chi connectivity index (χ0v) is 13.8. The molecule has 0 aliphatic rings. The van der Waals surface area contributed by atoms with Crippen LogP contribution in [0.25, 0.3) is 22.1 Å². The zero-order chi connectivity index (χ0) is 17.3. The summed E-state index contributed by atoms with van der Waals surface area (Å²) in [6, 6.07) is 11.6. The van der Waals surface area contributed by atoms with Crippen molar-refractivity contribution in [2.24, 2.45) is 0 Å². The molecular formula is C18H14ClNO4. The Morgan fingerprint density at radius 1 is 1.12 bits per heavy atom. The van der Waals surface area contributed by atoms with Gasteiger partial charge in [-0.1, -0.05) is 23.7 Å². The second-order valence-corrected chi connectivity index (χ2v) is 5.84. The van der Waals surface area contributed by atoms with Crippen molar-refractivity contribution in [1.29, 1.82) is 0 Å². The minimum Gasteiger partial charge on any atom is -0.463 e. The highest BCUT2D eigenvalue weighted by Gasteiger charge is 2.12. The van der Waals surface area contributed by atoms with Gasteiger partial charge in [-0.25, -0.2) is 4.79 Å². The predicted molar refractivity (Wildman–Crippen MR) is 92.6 cm³/mol. The Bertz CT molecular complexity index is 961. The number of carbonyl (C=O) groups excluding carboxylic acids is 1. The van der Waals surface area contributed by atoms with Crippen LogP contribution in [-0.4, -0.2) is 25.1 Å². The van der Waals surface area contributed by atoms with Gasteiger partial charge in [0.2, 0.25) is 0 Å². The van der Waals surface area contributed by atoms with Crippen molar-refractivity contribution in [2.45, 2.75) is 0 Å². The Hall–Kier alpha value is -2.79. The molecule has 0 saturated heterocycles. The van der Waals surface area contributed by atoms with E-state index in [2.05, 4.69) is 0 Å². The van der Waals surface area contributed by atoms with Crippen molar-refractivity contribution in [3.63, 3.8) is 0 Å². The molecule has 1 amide bonds. The maximum Gasteiger partial charge on any atom is 0.414 e. The number of hydrogen-bond donors (Lipinski definition) is 0. The molecule has 0 radical (unpaired) electrons. The molecule has 3 aromatic rings. The summed E-state index contributed by atoms with van der Waals surface area (Å²) in [7, 11) is 3.17. The van der Waals surface area contributed by atoms with Crippen molar-refractivity contribution in [2.75, 3.05) is 14.1 Å². The lowest BCUT2D eigenvalue weighted by Gasteiger charge is -2.11. The predicted octanol–water partition coefficient (Wildman–Crippen LogP) is 4.17. The van der Waals surface area contributed by atoms with Crippen LogP contribution in [0.2, 0.25) is 5.02 Å². The minimum absolute atomic E-state index is 0.163. The van der Waals surface area contributed by atoms with Gasteiger partial charge in [-0.05, 0) is 29.8 Å². The van der Waals surface area contributed by atoms with Crippen LogP contribution >= 0.6 is 11.6 Å². The molecule has 3 rings (SSSR count). The van der Waals surface area contributed by atoms with E-state index in [0.29, 0.717) is 27.3 Å². The molecule has 1 heterocycles. The van der Waals surface area contributed by atoms with Crippen LogP contribution in [0.1, 0.15) is 0 Å². The molecule has 24 heavy (non-hydrogen) atoms. The number of hydrogen-bond acceptors (Lipinski definition) is 4. The molecule has 5 nitrogen and oxygen atoms in total. The smallest absolute Gasteiger partial charge is 0.414 e. The van der Waals surface area contributed by atoms with Crippen LogP contribution in [-0.2, 0) is 0 Å². The standard InChI is InChI=1S/C18H14ClNO4/c1-20(2)18(22)24-13-7-8-14-16(9-13)23-10-15(17(14)21)11-3-5-12(19)6-4-11/h3-10H,1-2H3. The highest BCUT2D eigenvalue weighted by molar-refractivity contribution is 6.30. The molecule has 2 aromatic carbocycles. The number of carbonyl (C=O) groups is 1. The molecule has 0 bridgehead atoms. The van der Waals surface area contributed by atoms with E-state index >= 15 is 0 Å². The van der Waals surface area contributed by atoms with E-state index in [1.165, 1.54) is 17.2 Å². The molecule has 0 fully saturated rings. The first-order chi connectivity index (χ1) is 11.5. The van der Waals surface area contributed by atoms with Crippen LogP contribution in [0, 0.1) is 0 Å². The van der Waals surface area contributed by atoms with E-state index in [4.69, 9.17) is 20.8 Å². The topological polar surface area (TPSA) is 59.8 Å². The number of rotatable bonds is 2. The fourth-order valence-corrected chi connectivity index (χ4v) is 2.32. The summed E-state index contributed by atoms with van der Waals surface area (Å²) < 4.78 is 10.7. The third-order valence-corrected chi connectivity index (χ3v) is 3.72. The number of benzene rings is 2. The van der Waals surface area contributed by atoms with Crippen LogP contribution in [0.4, 0.5) is 4.79 Å². The highest BCUT2D eigenvalue weighted by atomic mass is 35.5. The lowest BCUT2D eigenvalue weighted by Crippen LogP contribution is -2.25. The average Bonchev–Trinajstić information content (AvgIpc) is 2.56. The van der Waals surface area contributed by atoms with Gasteiger partial charge in [0.05, 0.1) is 10.9 Å². The zero-order valence-electron chi connectivity index (χ0n) is 13.1. The van der Waals surface area contributed by atoms with Gasteiger partial charge in [-0.2, -0.15) is 0 Å². The second-order valence-electron chi connectivity index (χ2n) is 5.41. The SMILES string of the molecule is CN(C)C(=O)Oc1ccc2c(=O)c(-c3ccc(Cl)cc3)coc2c1. The van der Waals surface area contributed by atoms with Gasteiger partial charge < -0.3 is 14.1 Å². The summed E-state index contributed by atoms with van der Waals surface area (Å²) in [6.07, 6.45) is 0.889. The van der Waals surface area contributed by atoms with Crippen LogP contribution in [0.15, 0.2) is 57.9 Å². The molecular weight excluding hydrogens is 330 g/mol. The van der Waals surface area contributed by atoms with Crippen molar-refractivity contribution in [3.05, 3.63) is 64.0 Å². The summed E-state index contributed by atoms with van der Waals surface area (Å²) in [6.45, 7) is 0. The average molecular weight is 344 g/mol. The van der Waals surface area contributed by atoms with E-state index < -0.39 is 6.09 Å². The van der Waals surface area contributed by atoms with E-state index in [9.17, 15) is 9.59 Å². The number of halogens is 1. The summed E-state index contributed by atoms with van der Waals surface area (Å²) in [5.74, 6) is 0.309. The van der Waals surface area contributed by atoms with E-state index in [0.717, 1.165) is 5.56 Å². The molecule has 122 valence electrons. The summed E-state index contributed by atoms with van der Waals surface area (Å²) in [4.78, 5) is 25.5. The van der Waals surface area contributed by atoms with Crippen LogP contribution in [0.5, 0.6) is 5.75 Å². The molecule has 0 aliphatic heterocycles.